The normalized spacial score (nSPS) is 10.9. The summed E-state index contributed by atoms with van der Waals surface area (Å²) in [4.78, 5) is 10.2. The second-order valence-electron chi connectivity index (χ2n) is 4.22. The number of fused-ring (bicyclic) bond motifs is 1. The number of hydrogen-bond acceptors (Lipinski definition) is 3. The van der Waals surface area contributed by atoms with Gasteiger partial charge in [-0.15, -0.1) is 0 Å². The third kappa shape index (κ3) is 2.24. The van der Waals surface area contributed by atoms with E-state index < -0.39 is 4.92 Å². The molecular formula is C14H7Cl2NO3. The predicted octanol–water partition coefficient (Wildman–Crippen LogP) is 5.31. The fourth-order valence-electron chi connectivity index (χ4n) is 1.97. The van der Waals surface area contributed by atoms with Crippen molar-refractivity contribution in [2.45, 2.75) is 0 Å². The van der Waals surface area contributed by atoms with Crippen LogP contribution >= 0.6 is 23.2 Å². The maximum absolute atomic E-state index is 10.6. The molecule has 100 valence electrons. The summed E-state index contributed by atoms with van der Waals surface area (Å²) in [5.41, 5.74) is 1.31. The van der Waals surface area contributed by atoms with Crippen molar-refractivity contribution in [3.63, 3.8) is 0 Å². The molecule has 0 saturated heterocycles. The maximum Gasteiger partial charge on any atom is 0.269 e. The highest BCUT2D eigenvalue weighted by atomic mass is 35.5. The summed E-state index contributed by atoms with van der Waals surface area (Å²) in [6, 6.07) is 11.3. The molecular weight excluding hydrogens is 301 g/mol. The third-order valence-corrected chi connectivity index (χ3v) is 3.40. The first-order valence-electron chi connectivity index (χ1n) is 5.68. The van der Waals surface area contributed by atoms with Crippen LogP contribution in [-0.4, -0.2) is 4.92 Å². The molecule has 6 heteroatoms. The van der Waals surface area contributed by atoms with Crippen LogP contribution < -0.4 is 0 Å². The highest BCUT2D eigenvalue weighted by Crippen LogP contribution is 2.34. The molecule has 0 aliphatic rings. The van der Waals surface area contributed by atoms with Gasteiger partial charge in [0.1, 0.15) is 5.76 Å². The Morgan fingerprint density at radius 2 is 1.75 bits per heavy atom. The van der Waals surface area contributed by atoms with E-state index in [2.05, 4.69) is 0 Å². The van der Waals surface area contributed by atoms with Gasteiger partial charge in [-0.2, -0.15) is 0 Å². The molecule has 0 spiro atoms. The average Bonchev–Trinajstić information content (AvgIpc) is 2.83. The number of nitrogens with zero attached hydrogens (tertiary/aromatic N) is 1. The van der Waals surface area contributed by atoms with Gasteiger partial charge in [0.05, 0.1) is 9.95 Å². The van der Waals surface area contributed by atoms with E-state index in [0.29, 0.717) is 21.4 Å². The molecule has 0 N–H and O–H groups in total. The van der Waals surface area contributed by atoms with Gasteiger partial charge in [-0.1, -0.05) is 23.2 Å². The lowest BCUT2D eigenvalue weighted by molar-refractivity contribution is -0.384. The zero-order valence-corrected chi connectivity index (χ0v) is 11.5. The Kier molecular flexibility index (Phi) is 3.12. The molecule has 0 aliphatic carbocycles. The summed E-state index contributed by atoms with van der Waals surface area (Å²) in [6.07, 6.45) is 0. The molecule has 2 aromatic carbocycles. The van der Waals surface area contributed by atoms with Crippen molar-refractivity contribution in [3.05, 3.63) is 62.6 Å². The van der Waals surface area contributed by atoms with Crippen LogP contribution in [-0.2, 0) is 0 Å². The molecule has 0 amide bonds. The number of nitro groups is 1. The van der Waals surface area contributed by atoms with Crippen LogP contribution in [0, 0.1) is 10.1 Å². The van der Waals surface area contributed by atoms with Gasteiger partial charge < -0.3 is 4.42 Å². The molecule has 0 saturated carbocycles. The lowest BCUT2D eigenvalue weighted by atomic mass is 10.1. The topological polar surface area (TPSA) is 56.3 Å². The van der Waals surface area contributed by atoms with Crippen molar-refractivity contribution in [2.75, 3.05) is 0 Å². The van der Waals surface area contributed by atoms with E-state index in [4.69, 9.17) is 27.6 Å². The zero-order chi connectivity index (χ0) is 14.3. The van der Waals surface area contributed by atoms with E-state index >= 15 is 0 Å². The molecule has 0 aliphatic heterocycles. The third-order valence-electron chi connectivity index (χ3n) is 2.90. The number of rotatable bonds is 2. The van der Waals surface area contributed by atoms with Crippen molar-refractivity contribution in [2.24, 2.45) is 0 Å². The van der Waals surface area contributed by atoms with Gasteiger partial charge in [0, 0.05) is 28.1 Å². The largest absolute Gasteiger partial charge is 0.455 e. The quantitative estimate of drug-likeness (QED) is 0.476. The number of benzene rings is 2. The van der Waals surface area contributed by atoms with E-state index in [1.807, 2.05) is 0 Å². The number of furan rings is 1. The molecule has 3 rings (SSSR count). The average molecular weight is 308 g/mol. The molecule has 0 atom stereocenters. The summed E-state index contributed by atoms with van der Waals surface area (Å²) in [5, 5.41) is 12.4. The lowest BCUT2D eigenvalue weighted by Gasteiger charge is -1.96. The summed E-state index contributed by atoms with van der Waals surface area (Å²) in [7, 11) is 0. The first-order chi connectivity index (χ1) is 9.54. The van der Waals surface area contributed by atoms with Crippen LogP contribution in [0.4, 0.5) is 5.69 Å². The van der Waals surface area contributed by atoms with Crippen LogP contribution in [0.2, 0.25) is 10.0 Å². The minimum Gasteiger partial charge on any atom is -0.455 e. The van der Waals surface area contributed by atoms with Gasteiger partial charge in [0.2, 0.25) is 0 Å². The van der Waals surface area contributed by atoms with Crippen molar-refractivity contribution in [3.8, 4) is 11.3 Å². The number of non-ortho nitro benzene ring substituents is 1. The molecule has 0 unspecified atom stereocenters. The fourth-order valence-corrected chi connectivity index (χ4v) is 2.51. The Morgan fingerprint density at radius 1 is 1.05 bits per heavy atom. The minimum atomic E-state index is -0.445. The van der Waals surface area contributed by atoms with E-state index in [1.54, 1.807) is 30.3 Å². The second kappa shape index (κ2) is 4.81. The Labute approximate surface area is 123 Å². The summed E-state index contributed by atoms with van der Waals surface area (Å²) >= 11 is 12.0. The Balaban J connectivity index is 2.10. The summed E-state index contributed by atoms with van der Waals surface area (Å²) < 4.78 is 5.68. The number of halogens is 2. The molecule has 20 heavy (non-hydrogen) atoms. The Bertz CT molecular complexity index is 809. The first-order valence-corrected chi connectivity index (χ1v) is 6.43. The molecule has 3 aromatic rings. The number of nitro benzene ring substituents is 1. The SMILES string of the molecule is O=[N+]([O-])c1ccc(-c2cc3cc(Cl)cc(Cl)c3o2)cc1. The summed E-state index contributed by atoms with van der Waals surface area (Å²) in [5.74, 6) is 0.582. The molecule has 1 aromatic heterocycles. The van der Waals surface area contributed by atoms with Gasteiger partial charge >= 0.3 is 0 Å². The predicted molar refractivity (Wildman–Crippen MR) is 78.3 cm³/mol. The lowest BCUT2D eigenvalue weighted by Crippen LogP contribution is -1.86. The molecule has 4 nitrogen and oxygen atoms in total. The summed E-state index contributed by atoms with van der Waals surface area (Å²) in [6.45, 7) is 0. The van der Waals surface area contributed by atoms with Gasteiger partial charge in [0.15, 0.2) is 5.58 Å². The zero-order valence-electron chi connectivity index (χ0n) is 9.97. The van der Waals surface area contributed by atoms with Crippen LogP contribution in [0.15, 0.2) is 46.9 Å². The highest BCUT2D eigenvalue weighted by Gasteiger charge is 2.12. The standard InChI is InChI=1S/C14H7Cl2NO3/c15-10-5-9-6-13(20-14(9)12(16)7-10)8-1-3-11(4-2-8)17(18)19/h1-7H. The molecule has 1 heterocycles. The van der Waals surface area contributed by atoms with Crippen LogP contribution in [0.3, 0.4) is 0 Å². The van der Waals surface area contributed by atoms with Crippen molar-refractivity contribution in [1.29, 1.82) is 0 Å². The van der Waals surface area contributed by atoms with Gasteiger partial charge in [-0.05, 0) is 30.3 Å². The monoisotopic (exact) mass is 307 g/mol. The minimum absolute atomic E-state index is 0.0333. The molecule has 0 bridgehead atoms. The number of hydrogen-bond donors (Lipinski definition) is 0. The maximum atomic E-state index is 10.6. The fraction of sp³-hybridized carbons (Fsp3) is 0. The first kappa shape index (κ1) is 13.0. The van der Waals surface area contributed by atoms with Gasteiger partial charge in [-0.3, -0.25) is 10.1 Å². The van der Waals surface area contributed by atoms with E-state index in [9.17, 15) is 10.1 Å². The van der Waals surface area contributed by atoms with Crippen LogP contribution in [0.5, 0.6) is 0 Å². The second-order valence-corrected chi connectivity index (χ2v) is 5.06. The molecule has 0 fully saturated rings. The van der Waals surface area contributed by atoms with Crippen molar-refractivity contribution >= 4 is 39.9 Å². The van der Waals surface area contributed by atoms with Gasteiger partial charge in [-0.25, -0.2) is 0 Å². The smallest absolute Gasteiger partial charge is 0.269 e. The van der Waals surface area contributed by atoms with E-state index in [1.165, 1.54) is 12.1 Å². The Morgan fingerprint density at radius 3 is 2.40 bits per heavy atom. The van der Waals surface area contributed by atoms with E-state index in [0.717, 1.165) is 10.9 Å². The van der Waals surface area contributed by atoms with Crippen LogP contribution in [0.25, 0.3) is 22.3 Å². The Hall–Kier alpha value is -2.04. The van der Waals surface area contributed by atoms with E-state index in [-0.39, 0.29) is 5.69 Å². The van der Waals surface area contributed by atoms with Crippen molar-refractivity contribution < 1.29 is 9.34 Å². The van der Waals surface area contributed by atoms with Crippen molar-refractivity contribution in [1.82, 2.24) is 0 Å². The van der Waals surface area contributed by atoms with Crippen LogP contribution in [0.1, 0.15) is 0 Å². The molecule has 0 radical (unpaired) electrons. The highest BCUT2D eigenvalue weighted by molar-refractivity contribution is 6.38. The van der Waals surface area contributed by atoms with Gasteiger partial charge in [0.25, 0.3) is 5.69 Å².